The van der Waals surface area contributed by atoms with Gasteiger partial charge in [0.1, 0.15) is 0 Å². The Balaban J connectivity index is 0.00000264. The first kappa shape index (κ1) is 19.8. The third-order valence-electron chi connectivity index (χ3n) is 3.70. The molecule has 3 N–H and O–H groups in total. The van der Waals surface area contributed by atoms with E-state index in [9.17, 15) is 9.59 Å². The zero-order chi connectivity index (χ0) is 16.1. The predicted octanol–water partition coefficient (Wildman–Crippen LogP) is 2.22. The summed E-state index contributed by atoms with van der Waals surface area (Å²) in [6.45, 7) is 5.35. The second kappa shape index (κ2) is 9.15. The summed E-state index contributed by atoms with van der Waals surface area (Å²) in [5.41, 5.74) is 7.04. The standard InChI is InChI=1S/C16H23N3O2S.ClH/c1-11(2)14(17)15(20)18-13-5-3-4-12(10-13)16(21)19-6-8-22-9-7-19;/h3-5,10-11,14H,6-9,17H2,1-2H3,(H,18,20);1H/t14-;/m0./s1. The normalized spacial score (nSPS) is 15.7. The molecule has 1 heterocycles. The number of rotatable bonds is 4. The summed E-state index contributed by atoms with van der Waals surface area (Å²) < 4.78 is 0. The second-order valence-electron chi connectivity index (χ2n) is 5.74. The fourth-order valence-corrected chi connectivity index (χ4v) is 3.11. The number of hydrogen-bond acceptors (Lipinski definition) is 4. The van der Waals surface area contributed by atoms with E-state index < -0.39 is 6.04 Å². The third-order valence-corrected chi connectivity index (χ3v) is 4.64. The van der Waals surface area contributed by atoms with Crippen LogP contribution in [0.2, 0.25) is 0 Å². The van der Waals surface area contributed by atoms with Crippen molar-refractivity contribution >= 4 is 41.7 Å². The van der Waals surface area contributed by atoms with Gasteiger partial charge in [0.25, 0.3) is 5.91 Å². The summed E-state index contributed by atoms with van der Waals surface area (Å²) in [5.74, 6) is 1.81. The van der Waals surface area contributed by atoms with Crippen LogP contribution in [-0.4, -0.2) is 47.4 Å². The summed E-state index contributed by atoms with van der Waals surface area (Å²) in [7, 11) is 0. The largest absolute Gasteiger partial charge is 0.337 e. The van der Waals surface area contributed by atoms with E-state index in [1.807, 2.05) is 30.5 Å². The van der Waals surface area contributed by atoms with Gasteiger partial charge >= 0.3 is 0 Å². The molecule has 0 aliphatic carbocycles. The van der Waals surface area contributed by atoms with Crippen LogP contribution in [0.3, 0.4) is 0 Å². The van der Waals surface area contributed by atoms with E-state index in [2.05, 4.69) is 5.32 Å². The highest BCUT2D eigenvalue weighted by Crippen LogP contribution is 2.16. The summed E-state index contributed by atoms with van der Waals surface area (Å²) in [5, 5.41) is 2.78. The van der Waals surface area contributed by atoms with Crippen molar-refractivity contribution in [3.8, 4) is 0 Å². The minimum Gasteiger partial charge on any atom is -0.337 e. The zero-order valence-corrected chi connectivity index (χ0v) is 15.1. The van der Waals surface area contributed by atoms with Gasteiger partial charge in [-0.25, -0.2) is 0 Å². The van der Waals surface area contributed by atoms with Crippen molar-refractivity contribution in [3.05, 3.63) is 29.8 Å². The molecule has 1 aromatic rings. The third kappa shape index (κ3) is 5.41. The summed E-state index contributed by atoms with van der Waals surface area (Å²) in [4.78, 5) is 26.3. The van der Waals surface area contributed by atoms with Crippen LogP contribution in [0.5, 0.6) is 0 Å². The van der Waals surface area contributed by atoms with Crippen LogP contribution in [0.25, 0.3) is 0 Å². The van der Waals surface area contributed by atoms with Gasteiger partial charge in [0, 0.05) is 35.8 Å². The number of halogens is 1. The molecule has 2 rings (SSSR count). The summed E-state index contributed by atoms with van der Waals surface area (Å²) >= 11 is 1.86. The minimum absolute atomic E-state index is 0. The molecule has 1 fully saturated rings. The number of nitrogens with two attached hydrogens (primary N) is 1. The fourth-order valence-electron chi connectivity index (χ4n) is 2.21. The van der Waals surface area contributed by atoms with Gasteiger partial charge in [0.15, 0.2) is 0 Å². The molecule has 1 aromatic carbocycles. The molecule has 0 saturated carbocycles. The molecule has 0 radical (unpaired) electrons. The molecule has 1 aliphatic heterocycles. The second-order valence-corrected chi connectivity index (χ2v) is 6.97. The number of anilines is 1. The Hall–Kier alpha value is -1.24. The Bertz CT molecular complexity index is 548. The lowest BCUT2D eigenvalue weighted by Crippen LogP contribution is -2.40. The van der Waals surface area contributed by atoms with Gasteiger partial charge in [-0.1, -0.05) is 19.9 Å². The monoisotopic (exact) mass is 357 g/mol. The maximum Gasteiger partial charge on any atom is 0.253 e. The molecule has 7 heteroatoms. The van der Waals surface area contributed by atoms with E-state index >= 15 is 0 Å². The first-order valence-corrected chi connectivity index (χ1v) is 8.68. The van der Waals surface area contributed by atoms with Gasteiger partial charge in [0.2, 0.25) is 5.91 Å². The number of benzene rings is 1. The first-order chi connectivity index (χ1) is 10.5. The lowest BCUT2D eigenvalue weighted by atomic mass is 10.0. The number of nitrogens with zero attached hydrogens (tertiary/aromatic N) is 1. The van der Waals surface area contributed by atoms with Gasteiger partial charge < -0.3 is 16.0 Å². The molecule has 0 spiro atoms. The van der Waals surface area contributed by atoms with Crippen molar-refractivity contribution in [1.82, 2.24) is 4.90 Å². The minimum atomic E-state index is -0.557. The lowest BCUT2D eigenvalue weighted by molar-refractivity contribution is -0.118. The van der Waals surface area contributed by atoms with Crippen LogP contribution in [0.1, 0.15) is 24.2 Å². The summed E-state index contributed by atoms with van der Waals surface area (Å²) in [6.07, 6.45) is 0. The molecule has 2 amide bonds. The SMILES string of the molecule is CC(C)[C@H](N)C(=O)Nc1cccc(C(=O)N2CCSCC2)c1.Cl. The Kier molecular flexibility index (Phi) is 7.88. The van der Waals surface area contributed by atoms with E-state index in [1.165, 1.54) is 0 Å². The average Bonchev–Trinajstić information content (AvgIpc) is 2.54. The van der Waals surface area contributed by atoms with Gasteiger partial charge in [0.05, 0.1) is 6.04 Å². The fraction of sp³-hybridized carbons (Fsp3) is 0.500. The number of carbonyl (C=O) groups is 2. The van der Waals surface area contributed by atoms with E-state index in [-0.39, 0.29) is 30.1 Å². The first-order valence-electron chi connectivity index (χ1n) is 7.52. The highest BCUT2D eigenvalue weighted by molar-refractivity contribution is 7.99. The quantitative estimate of drug-likeness (QED) is 0.866. The lowest BCUT2D eigenvalue weighted by Gasteiger charge is -2.26. The van der Waals surface area contributed by atoms with Crippen LogP contribution in [0.4, 0.5) is 5.69 Å². The molecule has 1 saturated heterocycles. The van der Waals surface area contributed by atoms with Crippen molar-refractivity contribution in [2.24, 2.45) is 11.7 Å². The van der Waals surface area contributed by atoms with Gasteiger partial charge in [-0.05, 0) is 24.1 Å². The van der Waals surface area contributed by atoms with Crippen LogP contribution < -0.4 is 11.1 Å². The van der Waals surface area contributed by atoms with E-state index in [4.69, 9.17) is 5.73 Å². The van der Waals surface area contributed by atoms with Crippen molar-refractivity contribution in [2.45, 2.75) is 19.9 Å². The number of carbonyl (C=O) groups excluding carboxylic acids is 2. The van der Waals surface area contributed by atoms with Gasteiger partial charge in [-0.3, -0.25) is 9.59 Å². The van der Waals surface area contributed by atoms with E-state index in [0.717, 1.165) is 24.6 Å². The number of hydrogen-bond donors (Lipinski definition) is 2. The highest BCUT2D eigenvalue weighted by Gasteiger charge is 2.20. The van der Waals surface area contributed by atoms with Gasteiger partial charge in [-0.2, -0.15) is 11.8 Å². The Morgan fingerprint density at radius 3 is 2.52 bits per heavy atom. The molecule has 5 nitrogen and oxygen atoms in total. The molecule has 128 valence electrons. The maximum absolute atomic E-state index is 12.5. The van der Waals surface area contributed by atoms with Crippen LogP contribution >= 0.6 is 24.2 Å². The summed E-state index contributed by atoms with van der Waals surface area (Å²) in [6, 6.07) is 6.49. The Morgan fingerprint density at radius 2 is 1.91 bits per heavy atom. The van der Waals surface area contributed by atoms with Crippen LogP contribution in [0, 0.1) is 5.92 Å². The van der Waals surface area contributed by atoms with Crippen molar-refractivity contribution < 1.29 is 9.59 Å². The Morgan fingerprint density at radius 1 is 1.26 bits per heavy atom. The molecule has 0 aromatic heterocycles. The van der Waals surface area contributed by atoms with Crippen molar-refractivity contribution in [2.75, 3.05) is 29.9 Å². The predicted molar refractivity (Wildman–Crippen MR) is 98.4 cm³/mol. The zero-order valence-electron chi connectivity index (χ0n) is 13.5. The van der Waals surface area contributed by atoms with Gasteiger partial charge in [-0.15, -0.1) is 12.4 Å². The number of thioether (sulfide) groups is 1. The number of amides is 2. The molecule has 23 heavy (non-hydrogen) atoms. The topological polar surface area (TPSA) is 75.4 Å². The van der Waals surface area contributed by atoms with Crippen molar-refractivity contribution in [1.29, 1.82) is 0 Å². The molecule has 0 unspecified atom stereocenters. The smallest absolute Gasteiger partial charge is 0.253 e. The van der Waals surface area contributed by atoms with Crippen molar-refractivity contribution in [3.63, 3.8) is 0 Å². The van der Waals surface area contributed by atoms with Crippen LogP contribution in [0.15, 0.2) is 24.3 Å². The average molecular weight is 358 g/mol. The maximum atomic E-state index is 12.5. The van der Waals surface area contributed by atoms with E-state index in [0.29, 0.717) is 11.3 Å². The molecule has 1 aliphatic rings. The molecule has 1 atom stereocenters. The van der Waals surface area contributed by atoms with Crippen LogP contribution in [-0.2, 0) is 4.79 Å². The highest BCUT2D eigenvalue weighted by atomic mass is 35.5. The number of nitrogens with one attached hydrogen (secondary N) is 1. The van der Waals surface area contributed by atoms with E-state index in [1.54, 1.807) is 24.3 Å². The molecular formula is C16H24ClN3O2S. The molecular weight excluding hydrogens is 334 g/mol. The Labute approximate surface area is 147 Å². The molecule has 0 bridgehead atoms.